The minimum absolute atomic E-state index is 0.521. The molecule has 14 heavy (non-hydrogen) atoms. The Bertz CT molecular complexity index is 138. The Labute approximate surface area is 88.4 Å². The molecule has 0 bridgehead atoms. The Hall–Kier alpha value is -0.0800. The van der Waals surface area contributed by atoms with Gasteiger partial charge in [-0.25, -0.2) is 0 Å². The van der Waals surface area contributed by atoms with Crippen LogP contribution in [0.4, 0.5) is 0 Å². The van der Waals surface area contributed by atoms with E-state index in [1.54, 1.807) is 0 Å². The molecule has 0 aromatic carbocycles. The SMILES string of the molecule is CCCCCCOC1CCNC(C)C1. The van der Waals surface area contributed by atoms with Gasteiger partial charge in [0.15, 0.2) is 0 Å². The lowest BCUT2D eigenvalue weighted by molar-refractivity contribution is 0.0219. The summed E-state index contributed by atoms with van der Waals surface area (Å²) >= 11 is 0. The summed E-state index contributed by atoms with van der Waals surface area (Å²) in [5, 5.41) is 3.44. The van der Waals surface area contributed by atoms with Crippen molar-refractivity contribution in [1.29, 1.82) is 0 Å². The zero-order valence-electron chi connectivity index (χ0n) is 9.72. The van der Waals surface area contributed by atoms with E-state index in [0.717, 1.165) is 13.2 Å². The first-order chi connectivity index (χ1) is 6.83. The second-order valence-corrected chi connectivity index (χ2v) is 4.43. The molecular weight excluding hydrogens is 174 g/mol. The molecule has 1 rings (SSSR count). The fraction of sp³-hybridized carbons (Fsp3) is 1.00. The van der Waals surface area contributed by atoms with Gasteiger partial charge in [0.2, 0.25) is 0 Å². The topological polar surface area (TPSA) is 21.3 Å². The maximum absolute atomic E-state index is 5.86. The van der Waals surface area contributed by atoms with Gasteiger partial charge in [-0.3, -0.25) is 0 Å². The predicted molar refractivity (Wildman–Crippen MR) is 60.6 cm³/mol. The minimum Gasteiger partial charge on any atom is -0.378 e. The number of rotatable bonds is 6. The fourth-order valence-corrected chi connectivity index (χ4v) is 2.02. The molecule has 0 aliphatic carbocycles. The molecule has 0 amide bonds. The first-order valence-corrected chi connectivity index (χ1v) is 6.18. The number of nitrogens with one attached hydrogen (secondary N) is 1. The molecule has 1 aliphatic rings. The van der Waals surface area contributed by atoms with Crippen molar-refractivity contribution >= 4 is 0 Å². The summed E-state index contributed by atoms with van der Waals surface area (Å²) in [7, 11) is 0. The van der Waals surface area contributed by atoms with Gasteiger partial charge >= 0.3 is 0 Å². The summed E-state index contributed by atoms with van der Waals surface area (Å²) in [5.74, 6) is 0. The van der Waals surface area contributed by atoms with Gasteiger partial charge in [0.05, 0.1) is 6.10 Å². The van der Waals surface area contributed by atoms with Crippen LogP contribution in [0.5, 0.6) is 0 Å². The van der Waals surface area contributed by atoms with E-state index >= 15 is 0 Å². The van der Waals surface area contributed by atoms with Crippen LogP contribution in [0.3, 0.4) is 0 Å². The average molecular weight is 199 g/mol. The van der Waals surface area contributed by atoms with Crippen LogP contribution in [0.1, 0.15) is 52.4 Å². The molecule has 2 heteroatoms. The molecule has 2 atom stereocenters. The maximum Gasteiger partial charge on any atom is 0.0602 e. The van der Waals surface area contributed by atoms with Gasteiger partial charge in [0.25, 0.3) is 0 Å². The van der Waals surface area contributed by atoms with Gasteiger partial charge in [0, 0.05) is 12.6 Å². The molecule has 1 saturated heterocycles. The van der Waals surface area contributed by atoms with Crippen LogP contribution in [-0.4, -0.2) is 25.3 Å². The van der Waals surface area contributed by atoms with E-state index in [9.17, 15) is 0 Å². The van der Waals surface area contributed by atoms with Crippen LogP contribution in [0.25, 0.3) is 0 Å². The third-order valence-corrected chi connectivity index (χ3v) is 2.93. The summed E-state index contributed by atoms with van der Waals surface area (Å²) in [6.45, 7) is 6.58. The van der Waals surface area contributed by atoms with E-state index in [2.05, 4.69) is 19.2 Å². The predicted octanol–water partition coefficient (Wildman–Crippen LogP) is 2.72. The number of hydrogen-bond acceptors (Lipinski definition) is 2. The summed E-state index contributed by atoms with van der Waals surface area (Å²) in [6.07, 6.45) is 8.14. The zero-order chi connectivity index (χ0) is 10.2. The van der Waals surface area contributed by atoms with Crippen molar-refractivity contribution in [2.24, 2.45) is 0 Å². The lowest BCUT2D eigenvalue weighted by atomic mass is 10.0. The molecule has 2 nitrogen and oxygen atoms in total. The smallest absolute Gasteiger partial charge is 0.0602 e. The Morgan fingerprint density at radius 2 is 2.14 bits per heavy atom. The Morgan fingerprint density at radius 3 is 2.86 bits per heavy atom. The van der Waals surface area contributed by atoms with E-state index in [1.807, 2.05) is 0 Å². The van der Waals surface area contributed by atoms with Gasteiger partial charge in [-0.1, -0.05) is 26.2 Å². The quantitative estimate of drug-likeness (QED) is 0.664. The summed E-state index contributed by atoms with van der Waals surface area (Å²) in [4.78, 5) is 0. The Kier molecular flexibility index (Phi) is 6.20. The molecule has 0 aromatic rings. The summed E-state index contributed by atoms with van der Waals surface area (Å²) in [5.41, 5.74) is 0. The third-order valence-electron chi connectivity index (χ3n) is 2.93. The van der Waals surface area contributed by atoms with Crippen molar-refractivity contribution in [2.75, 3.05) is 13.2 Å². The highest BCUT2D eigenvalue weighted by Crippen LogP contribution is 2.12. The highest BCUT2D eigenvalue weighted by Gasteiger charge is 2.17. The van der Waals surface area contributed by atoms with Crippen molar-refractivity contribution in [2.45, 2.75) is 64.5 Å². The normalized spacial score (nSPS) is 27.9. The highest BCUT2D eigenvalue weighted by atomic mass is 16.5. The van der Waals surface area contributed by atoms with Crippen LogP contribution >= 0.6 is 0 Å². The molecule has 1 N–H and O–H groups in total. The first kappa shape index (κ1) is 12.0. The Morgan fingerprint density at radius 1 is 1.29 bits per heavy atom. The Balaban J connectivity index is 1.95. The van der Waals surface area contributed by atoms with Crippen molar-refractivity contribution < 1.29 is 4.74 Å². The molecule has 1 aliphatic heterocycles. The van der Waals surface area contributed by atoms with E-state index < -0.39 is 0 Å². The number of hydrogen-bond donors (Lipinski definition) is 1. The molecule has 2 unspecified atom stereocenters. The largest absolute Gasteiger partial charge is 0.378 e. The molecule has 0 aromatic heterocycles. The molecular formula is C12H25NO. The fourth-order valence-electron chi connectivity index (χ4n) is 2.02. The zero-order valence-corrected chi connectivity index (χ0v) is 9.72. The van der Waals surface area contributed by atoms with E-state index in [1.165, 1.54) is 38.5 Å². The van der Waals surface area contributed by atoms with Crippen molar-refractivity contribution in [3.63, 3.8) is 0 Å². The van der Waals surface area contributed by atoms with Crippen LogP contribution in [0.15, 0.2) is 0 Å². The van der Waals surface area contributed by atoms with Gasteiger partial charge in [-0.05, 0) is 32.7 Å². The van der Waals surface area contributed by atoms with Crippen molar-refractivity contribution in [1.82, 2.24) is 5.32 Å². The molecule has 0 saturated carbocycles. The van der Waals surface area contributed by atoms with Crippen molar-refractivity contribution in [3.8, 4) is 0 Å². The van der Waals surface area contributed by atoms with Crippen LogP contribution in [0, 0.1) is 0 Å². The third kappa shape index (κ3) is 4.97. The van der Waals surface area contributed by atoms with E-state index in [4.69, 9.17) is 4.74 Å². The monoisotopic (exact) mass is 199 g/mol. The van der Waals surface area contributed by atoms with Gasteiger partial charge in [-0.15, -0.1) is 0 Å². The second kappa shape index (κ2) is 7.24. The summed E-state index contributed by atoms with van der Waals surface area (Å²) < 4.78 is 5.86. The standard InChI is InChI=1S/C12H25NO/c1-3-4-5-6-9-14-12-7-8-13-11(2)10-12/h11-13H,3-10H2,1-2H3. The van der Waals surface area contributed by atoms with Crippen LogP contribution < -0.4 is 5.32 Å². The van der Waals surface area contributed by atoms with Gasteiger partial charge < -0.3 is 10.1 Å². The van der Waals surface area contributed by atoms with Crippen LogP contribution in [-0.2, 0) is 4.74 Å². The second-order valence-electron chi connectivity index (χ2n) is 4.43. The number of ether oxygens (including phenoxy) is 1. The average Bonchev–Trinajstić information content (AvgIpc) is 2.18. The number of unbranched alkanes of at least 4 members (excludes halogenated alkanes) is 3. The van der Waals surface area contributed by atoms with Crippen molar-refractivity contribution in [3.05, 3.63) is 0 Å². The van der Waals surface area contributed by atoms with E-state index in [0.29, 0.717) is 12.1 Å². The lowest BCUT2D eigenvalue weighted by Crippen LogP contribution is -2.39. The lowest BCUT2D eigenvalue weighted by Gasteiger charge is -2.28. The highest BCUT2D eigenvalue weighted by molar-refractivity contribution is 4.75. The van der Waals surface area contributed by atoms with Gasteiger partial charge in [-0.2, -0.15) is 0 Å². The number of piperidine rings is 1. The minimum atomic E-state index is 0.521. The maximum atomic E-state index is 5.86. The molecule has 1 heterocycles. The van der Waals surface area contributed by atoms with E-state index in [-0.39, 0.29) is 0 Å². The molecule has 84 valence electrons. The molecule has 0 radical (unpaired) electrons. The molecule has 1 fully saturated rings. The van der Waals surface area contributed by atoms with Gasteiger partial charge in [0.1, 0.15) is 0 Å². The summed E-state index contributed by atoms with van der Waals surface area (Å²) in [6, 6.07) is 0.643. The molecule has 0 spiro atoms. The first-order valence-electron chi connectivity index (χ1n) is 6.18. The van der Waals surface area contributed by atoms with Crippen LogP contribution in [0.2, 0.25) is 0 Å².